The van der Waals surface area contributed by atoms with Gasteiger partial charge in [-0.15, -0.1) is 4.84 Å². The van der Waals surface area contributed by atoms with E-state index in [2.05, 4.69) is 11.3 Å². The number of halogens is 1. The summed E-state index contributed by atoms with van der Waals surface area (Å²) in [6.07, 6.45) is 9.22. The number of nitrogens with zero attached hydrogens (tertiary/aromatic N) is 1. The Balaban J connectivity index is 1.90. The van der Waals surface area contributed by atoms with E-state index in [1.54, 1.807) is 0 Å². The van der Waals surface area contributed by atoms with Crippen LogP contribution in [0.1, 0.15) is 32.1 Å². The zero-order valence-electron chi connectivity index (χ0n) is 7.17. The van der Waals surface area contributed by atoms with Crippen molar-refractivity contribution in [2.45, 2.75) is 37.6 Å². The van der Waals surface area contributed by atoms with Crippen molar-refractivity contribution >= 4 is 11.8 Å². The van der Waals surface area contributed by atoms with Gasteiger partial charge in [-0.1, -0.05) is 0 Å². The van der Waals surface area contributed by atoms with Crippen LogP contribution in [-0.4, -0.2) is 5.54 Å². The zero-order valence-corrected chi connectivity index (χ0v) is 7.93. The van der Waals surface area contributed by atoms with Crippen molar-refractivity contribution in [1.82, 2.24) is 4.84 Å². The van der Waals surface area contributed by atoms with Crippen LogP contribution in [0.3, 0.4) is 0 Å². The van der Waals surface area contributed by atoms with Gasteiger partial charge >= 0.3 is 0 Å². The molecule has 0 saturated heterocycles. The molecule has 1 nitrogen and oxygen atoms in total. The molecule has 12 heavy (non-hydrogen) atoms. The van der Waals surface area contributed by atoms with E-state index in [0.29, 0.717) is 0 Å². The van der Waals surface area contributed by atoms with Crippen molar-refractivity contribution in [1.29, 1.82) is 0 Å². The fourth-order valence-corrected chi connectivity index (χ4v) is 4.04. The Labute approximate surface area is 79.0 Å². The van der Waals surface area contributed by atoms with E-state index in [-0.39, 0.29) is 5.54 Å². The molecule has 66 valence electrons. The predicted octanol–water partition coefficient (Wildman–Crippen LogP) is 2.53. The van der Waals surface area contributed by atoms with Gasteiger partial charge in [-0.3, -0.25) is 0 Å². The molecule has 0 aromatic carbocycles. The molecule has 0 aromatic rings. The number of hydrogen-bond acceptors (Lipinski definition) is 0. The SMILES string of the molecule is Cl[N]C12[CH]C3CC(CC(C3)C1)C2. The lowest BCUT2D eigenvalue weighted by Crippen LogP contribution is -2.54. The van der Waals surface area contributed by atoms with E-state index in [4.69, 9.17) is 11.8 Å². The third-order valence-electron chi connectivity index (χ3n) is 3.94. The second-order valence-electron chi connectivity index (χ2n) is 4.96. The maximum absolute atomic E-state index is 5.72. The van der Waals surface area contributed by atoms with E-state index in [0.717, 1.165) is 17.8 Å². The highest BCUT2D eigenvalue weighted by atomic mass is 35.5. The molecule has 0 amide bonds. The maximum atomic E-state index is 5.72. The van der Waals surface area contributed by atoms with Gasteiger partial charge in [0.05, 0.1) is 5.54 Å². The molecule has 4 rings (SSSR count). The summed E-state index contributed by atoms with van der Waals surface area (Å²) in [4.78, 5) is 4.10. The summed E-state index contributed by atoms with van der Waals surface area (Å²) in [5.74, 6) is 2.73. The van der Waals surface area contributed by atoms with E-state index in [9.17, 15) is 0 Å². The van der Waals surface area contributed by atoms with Crippen LogP contribution in [0.25, 0.3) is 0 Å². The average molecular weight is 184 g/mol. The Hall–Kier alpha value is 0.250. The van der Waals surface area contributed by atoms with E-state index in [1.807, 2.05) is 0 Å². The molecular weight excluding hydrogens is 170 g/mol. The van der Waals surface area contributed by atoms with Crippen molar-refractivity contribution < 1.29 is 0 Å². The van der Waals surface area contributed by atoms with Gasteiger partial charge < -0.3 is 0 Å². The topological polar surface area (TPSA) is 14.1 Å². The fourth-order valence-electron chi connectivity index (χ4n) is 3.84. The Bertz CT molecular complexity index is 167. The van der Waals surface area contributed by atoms with Crippen molar-refractivity contribution in [3.05, 3.63) is 6.42 Å². The van der Waals surface area contributed by atoms with Crippen molar-refractivity contribution in [2.75, 3.05) is 0 Å². The Morgan fingerprint density at radius 2 is 1.83 bits per heavy atom. The molecule has 0 N–H and O–H groups in total. The first-order valence-electron chi connectivity index (χ1n) is 4.99. The van der Waals surface area contributed by atoms with E-state index < -0.39 is 0 Å². The minimum Gasteiger partial charge on any atom is -0.132 e. The maximum Gasteiger partial charge on any atom is 0.0573 e. The second kappa shape index (κ2) is 2.39. The molecule has 0 aliphatic heterocycles. The zero-order chi connectivity index (χ0) is 8.18. The normalized spacial score (nSPS) is 56.2. The van der Waals surface area contributed by atoms with Crippen LogP contribution in [0.2, 0.25) is 0 Å². The molecule has 4 bridgehead atoms. The molecule has 0 spiro atoms. The second-order valence-corrected chi connectivity index (χ2v) is 5.13. The Morgan fingerprint density at radius 1 is 1.17 bits per heavy atom. The minimum absolute atomic E-state index is 0.107. The van der Waals surface area contributed by atoms with Gasteiger partial charge in [-0.2, -0.15) is 0 Å². The van der Waals surface area contributed by atoms with Gasteiger partial charge in [0.2, 0.25) is 0 Å². The molecule has 2 radical (unpaired) electrons. The lowest BCUT2D eigenvalue weighted by Gasteiger charge is -2.54. The summed E-state index contributed by atoms with van der Waals surface area (Å²) in [5, 5.41) is 0. The Morgan fingerprint density at radius 3 is 2.33 bits per heavy atom. The molecule has 4 saturated carbocycles. The van der Waals surface area contributed by atoms with Gasteiger partial charge in [0.25, 0.3) is 0 Å². The average Bonchev–Trinajstić information content (AvgIpc) is 2.02. The monoisotopic (exact) mass is 183 g/mol. The summed E-state index contributed by atoms with van der Waals surface area (Å²) >= 11 is 5.72. The van der Waals surface area contributed by atoms with Crippen molar-refractivity contribution in [3.8, 4) is 0 Å². The Kier molecular flexibility index (Phi) is 1.52. The summed E-state index contributed by atoms with van der Waals surface area (Å²) in [6.45, 7) is 0. The number of hydrogen-bond donors (Lipinski definition) is 0. The fraction of sp³-hybridized carbons (Fsp3) is 0.900. The first kappa shape index (κ1) is 7.64. The molecule has 4 aliphatic rings. The quantitative estimate of drug-likeness (QED) is 0.593. The molecule has 2 unspecified atom stereocenters. The van der Waals surface area contributed by atoms with Gasteiger partial charge in [0.1, 0.15) is 0 Å². The van der Waals surface area contributed by atoms with Gasteiger partial charge in [0, 0.05) is 0 Å². The third kappa shape index (κ3) is 0.958. The lowest BCUT2D eigenvalue weighted by atomic mass is 9.53. The van der Waals surface area contributed by atoms with Crippen LogP contribution >= 0.6 is 11.8 Å². The van der Waals surface area contributed by atoms with Crippen LogP contribution in [0, 0.1) is 24.2 Å². The van der Waals surface area contributed by atoms with E-state index >= 15 is 0 Å². The minimum atomic E-state index is 0.107. The molecule has 0 heterocycles. The largest absolute Gasteiger partial charge is 0.132 e. The van der Waals surface area contributed by atoms with Crippen LogP contribution in [0.15, 0.2) is 0 Å². The first-order chi connectivity index (χ1) is 5.80. The van der Waals surface area contributed by atoms with Crippen LogP contribution in [0.5, 0.6) is 0 Å². The molecule has 4 fully saturated rings. The highest BCUT2D eigenvalue weighted by Crippen LogP contribution is 2.55. The molecule has 2 heteroatoms. The molecule has 2 atom stereocenters. The predicted molar refractivity (Wildman–Crippen MR) is 48.6 cm³/mol. The summed E-state index contributed by atoms with van der Waals surface area (Å²) in [5.41, 5.74) is 0.107. The van der Waals surface area contributed by atoms with Crippen LogP contribution in [0.4, 0.5) is 0 Å². The lowest BCUT2D eigenvalue weighted by molar-refractivity contribution is 0.0368. The van der Waals surface area contributed by atoms with Gasteiger partial charge in [-0.25, -0.2) is 0 Å². The smallest absolute Gasteiger partial charge is 0.0573 e. The third-order valence-corrected chi connectivity index (χ3v) is 4.27. The van der Waals surface area contributed by atoms with Crippen molar-refractivity contribution in [3.63, 3.8) is 0 Å². The summed E-state index contributed by atoms with van der Waals surface area (Å²) in [6, 6.07) is 0. The van der Waals surface area contributed by atoms with E-state index in [1.165, 1.54) is 32.1 Å². The van der Waals surface area contributed by atoms with Crippen molar-refractivity contribution in [2.24, 2.45) is 17.8 Å². The summed E-state index contributed by atoms with van der Waals surface area (Å²) in [7, 11) is 0. The standard InChI is InChI=1S/C10H14ClN/c11-12-10-4-7-1-8(5-10)3-9(2-7)6-10/h4,7-9H,1-3,5-6H2. The molecule has 4 aliphatic carbocycles. The van der Waals surface area contributed by atoms with Gasteiger partial charge in [-0.05, 0) is 68.1 Å². The van der Waals surface area contributed by atoms with Crippen LogP contribution in [-0.2, 0) is 0 Å². The highest BCUT2D eigenvalue weighted by Gasteiger charge is 2.51. The molecule has 0 aromatic heterocycles. The van der Waals surface area contributed by atoms with Crippen LogP contribution < -0.4 is 4.84 Å². The molecular formula is C10H14ClN. The summed E-state index contributed by atoms with van der Waals surface area (Å²) < 4.78 is 0. The van der Waals surface area contributed by atoms with Gasteiger partial charge in [0.15, 0.2) is 0 Å². The first-order valence-corrected chi connectivity index (χ1v) is 5.33. The number of rotatable bonds is 1. The highest BCUT2D eigenvalue weighted by molar-refractivity contribution is 6.13.